The minimum atomic E-state index is -0.190. The fourth-order valence-electron chi connectivity index (χ4n) is 3.11. The molecular weight excluding hydrogens is 322 g/mol. The van der Waals surface area contributed by atoms with Crippen LogP contribution in [-0.4, -0.2) is 62.2 Å². The highest BCUT2D eigenvalue weighted by Gasteiger charge is 2.22. The zero-order chi connectivity index (χ0) is 17.8. The lowest BCUT2D eigenvalue weighted by atomic mass is 10.1. The molecule has 136 valence electrons. The SMILES string of the molecule is CC(C)CN1CCOC(CNC(=O)c2ccc3c(c2)OCC(=O)N3)C1. The molecule has 0 radical (unpaired) electrons. The smallest absolute Gasteiger partial charge is 0.262 e. The number of hydrogen-bond acceptors (Lipinski definition) is 5. The first-order valence-electron chi connectivity index (χ1n) is 8.70. The van der Waals surface area contributed by atoms with E-state index in [9.17, 15) is 9.59 Å². The van der Waals surface area contributed by atoms with Crippen LogP contribution in [0.3, 0.4) is 0 Å². The molecule has 1 unspecified atom stereocenters. The molecule has 2 aliphatic heterocycles. The second-order valence-corrected chi connectivity index (χ2v) is 6.90. The van der Waals surface area contributed by atoms with Crippen LogP contribution >= 0.6 is 0 Å². The lowest BCUT2D eigenvalue weighted by Crippen LogP contribution is -2.48. The maximum absolute atomic E-state index is 12.4. The third kappa shape index (κ3) is 4.70. The summed E-state index contributed by atoms with van der Waals surface area (Å²) in [6.45, 7) is 8.36. The van der Waals surface area contributed by atoms with Crippen LogP contribution in [0.5, 0.6) is 5.75 Å². The highest BCUT2D eigenvalue weighted by molar-refractivity contribution is 5.98. The van der Waals surface area contributed by atoms with Gasteiger partial charge in [0.05, 0.1) is 18.4 Å². The van der Waals surface area contributed by atoms with Crippen LogP contribution in [0, 0.1) is 5.92 Å². The van der Waals surface area contributed by atoms with Crippen molar-refractivity contribution in [3.8, 4) is 5.75 Å². The summed E-state index contributed by atoms with van der Waals surface area (Å²) < 4.78 is 11.1. The lowest BCUT2D eigenvalue weighted by molar-refractivity contribution is -0.118. The average molecular weight is 347 g/mol. The van der Waals surface area contributed by atoms with Crippen molar-refractivity contribution in [1.82, 2.24) is 10.2 Å². The molecule has 1 atom stereocenters. The summed E-state index contributed by atoms with van der Waals surface area (Å²) in [6, 6.07) is 5.01. The van der Waals surface area contributed by atoms with E-state index in [2.05, 4.69) is 29.4 Å². The molecule has 7 heteroatoms. The zero-order valence-corrected chi connectivity index (χ0v) is 14.7. The number of carbonyl (C=O) groups is 2. The van der Waals surface area contributed by atoms with E-state index >= 15 is 0 Å². The van der Waals surface area contributed by atoms with Crippen molar-refractivity contribution in [2.75, 3.05) is 44.7 Å². The van der Waals surface area contributed by atoms with Crippen molar-refractivity contribution >= 4 is 17.5 Å². The highest BCUT2D eigenvalue weighted by atomic mass is 16.5. The largest absolute Gasteiger partial charge is 0.482 e. The van der Waals surface area contributed by atoms with Crippen LogP contribution in [-0.2, 0) is 9.53 Å². The Labute approximate surface area is 147 Å². The molecule has 1 saturated heterocycles. The molecule has 7 nitrogen and oxygen atoms in total. The monoisotopic (exact) mass is 347 g/mol. The number of rotatable bonds is 5. The van der Waals surface area contributed by atoms with Gasteiger partial charge in [-0.05, 0) is 24.1 Å². The number of fused-ring (bicyclic) bond motifs is 1. The van der Waals surface area contributed by atoms with E-state index in [1.54, 1.807) is 18.2 Å². The molecule has 2 aliphatic rings. The molecule has 0 spiro atoms. The summed E-state index contributed by atoms with van der Waals surface area (Å²) >= 11 is 0. The number of nitrogens with zero attached hydrogens (tertiary/aromatic N) is 1. The molecule has 2 N–H and O–H groups in total. The summed E-state index contributed by atoms with van der Waals surface area (Å²) in [5.41, 5.74) is 1.09. The number of amides is 2. The van der Waals surface area contributed by atoms with Gasteiger partial charge in [0.15, 0.2) is 6.61 Å². The van der Waals surface area contributed by atoms with E-state index in [1.165, 1.54) is 0 Å². The zero-order valence-electron chi connectivity index (χ0n) is 14.7. The van der Waals surface area contributed by atoms with Gasteiger partial charge in [-0.3, -0.25) is 14.5 Å². The number of morpholine rings is 1. The fraction of sp³-hybridized carbons (Fsp3) is 0.556. The molecule has 2 heterocycles. The van der Waals surface area contributed by atoms with Gasteiger partial charge >= 0.3 is 0 Å². The second-order valence-electron chi connectivity index (χ2n) is 6.90. The second kappa shape index (κ2) is 7.84. The van der Waals surface area contributed by atoms with Gasteiger partial charge in [-0.1, -0.05) is 13.8 Å². The number of benzene rings is 1. The Hall–Kier alpha value is -2.12. The van der Waals surface area contributed by atoms with Gasteiger partial charge in [0.25, 0.3) is 11.8 Å². The first-order valence-corrected chi connectivity index (χ1v) is 8.70. The summed E-state index contributed by atoms with van der Waals surface area (Å²) in [6.07, 6.45) is 0.00427. The first-order chi connectivity index (χ1) is 12.0. The Morgan fingerprint density at radius 2 is 2.28 bits per heavy atom. The molecule has 1 fully saturated rings. The number of carbonyl (C=O) groups excluding carboxylic acids is 2. The third-order valence-electron chi connectivity index (χ3n) is 4.21. The van der Waals surface area contributed by atoms with E-state index in [-0.39, 0.29) is 24.5 Å². The molecular formula is C18H25N3O4. The molecule has 2 amide bonds. The molecule has 0 saturated carbocycles. The predicted octanol–water partition coefficient (Wildman–Crippen LogP) is 1.10. The van der Waals surface area contributed by atoms with Crippen LogP contribution in [0.2, 0.25) is 0 Å². The Kier molecular flexibility index (Phi) is 5.55. The minimum Gasteiger partial charge on any atom is -0.482 e. The van der Waals surface area contributed by atoms with Crippen molar-refractivity contribution in [1.29, 1.82) is 0 Å². The van der Waals surface area contributed by atoms with Gasteiger partial charge in [0.2, 0.25) is 0 Å². The normalized spacial score (nSPS) is 20.6. The van der Waals surface area contributed by atoms with Crippen molar-refractivity contribution in [2.45, 2.75) is 20.0 Å². The summed E-state index contributed by atoms with van der Waals surface area (Å²) in [5.74, 6) is 0.770. The van der Waals surface area contributed by atoms with E-state index in [1.807, 2.05) is 0 Å². The van der Waals surface area contributed by atoms with E-state index < -0.39 is 0 Å². The van der Waals surface area contributed by atoms with E-state index in [4.69, 9.17) is 9.47 Å². The third-order valence-corrected chi connectivity index (χ3v) is 4.21. The van der Waals surface area contributed by atoms with Gasteiger partial charge in [-0.2, -0.15) is 0 Å². The Balaban J connectivity index is 1.53. The highest BCUT2D eigenvalue weighted by Crippen LogP contribution is 2.28. The topological polar surface area (TPSA) is 79.9 Å². The summed E-state index contributed by atoms with van der Waals surface area (Å²) in [4.78, 5) is 26.0. The maximum Gasteiger partial charge on any atom is 0.262 e. The molecule has 0 bridgehead atoms. The molecule has 1 aromatic carbocycles. The minimum absolute atomic E-state index is 0.00427. The Morgan fingerprint density at radius 1 is 1.44 bits per heavy atom. The van der Waals surface area contributed by atoms with Crippen LogP contribution in [0.1, 0.15) is 24.2 Å². The van der Waals surface area contributed by atoms with Crippen molar-refractivity contribution in [3.63, 3.8) is 0 Å². The van der Waals surface area contributed by atoms with Crippen molar-refractivity contribution in [3.05, 3.63) is 23.8 Å². The standard InChI is InChI=1S/C18H25N3O4/c1-12(2)9-21-5-6-24-14(10-21)8-19-18(23)13-3-4-15-16(7-13)25-11-17(22)20-15/h3-4,7,12,14H,5-6,8-11H2,1-2H3,(H,19,23)(H,20,22). The molecule has 1 aromatic rings. The maximum atomic E-state index is 12.4. The average Bonchev–Trinajstić information content (AvgIpc) is 2.59. The number of hydrogen-bond donors (Lipinski definition) is 2. The van der Waals surface area contributed by atoms with Gasteiger partial charge in [-0.25, -0.2) is 0 Å². The summed E-state index contributed by atoms with van der Waals surface area (Å²) in [5, 5.41) is 5.63. The fourth-order valence-corrected chi connectivity index (χ4v) is 3.11. The van der Waals surface area contributed by atoms with E-state index in [0.29, 0.717) is 36.1 Å². The van der Waals surface area contributed by atoms with Crippen LogP contribution in [0.25, 0.3) is 0 Å². The van der Waals surface area contributed by atoms with Gasteiger partial charge in [-0.15, -0.1) is 0 Å². The van der Waals surface area contributed by atoms with Crippen molar-refractivity contribution < 1.29 is 19.1 Å². The number of anilines is 1. The van der Waals surface area contributed by atoms with Gasteiger partial charge < -0.3 is 20.1 Å². The molecule has 3 rings (SSSR count). The van der Waals surface area contributed by atoms with Crippen molar-refractivity contribution in [2.24, 2.45) is 5.92 Å². The van der Waals surface area contributed by atoms with Gasteiger partial charge in [0.1, 0.15) is 5.75 Å². The van der Waals surface area contributed by atoms with Crippen LogP contribution in [0.15, 0.2) is 18.2 Å². The number of ether oxygens (including phenoxy) is 2. The molecule has 0 aromatic heterocycles. The Bertz CT molecular complexity index is 647. The first kappa shape index (κ1) is 17.7. The Morgan fingerprint density at radius 3 is 3.08 bits per heavy atom. The quantitative estimate of drug-likeness (QED) is 0.834. The van der Waals surface area contributed by atoms with E-state index in [0.717, 1.165) is 19.6 Å². The predicted molar refractivity (Wildman–Crippen MR) is 93.9 cm³/mol. The van der Waals surface area contributed by atoms with Crippen LogP contribution < -0.4 is 15.4 Å². The molecule has 0 aliphatic carbocycles. The number of nitrogens with one attached hydrogen (secondary N) is 2. The summed E-state index contributed by atoms with van der Waals surface area (Å²) in [7, 11) is 0. The lowest BCUT2D eigenvalue weighted by Gasteiger charge is -2.34. The molecule has 25 heavy (non-hydrogen) atoms. The van der Waals surface area contributed by atoms with Gasteiger partial charge in [0, 0.05) is 31.7 Å². The van der Waals surface area contributed by atoms with Crippen LogP contribution in [0.4, 0.5) is 5.69 Å².